The van der Waals surface area contributed by atoms with Crippen LogP contribution in [0.5, 0.6) is 0 Å². The van der Waals surface area contributed by atoms with E-state index in [2.05, 4.69) is 4.90 Å². The molecule has 1 N–H and O–H groups in total. The standard InChI is InChI=1S/C12H21NO2.C2H6/c1-15-9-11(2-3-11)6-13-5-10-4-12(10,7-13)8-14;1-2/h10,14H,2-9H2,1H3;1-2H3. The first-order chi connectivity index (χ1) is 8.22. The quantitative estimate of drug-likeness (QED) is 0.796. The molecule has 0 amide bonds. The molecule has 0 bridgehead atoms. The van der Waals surface area contributed by atoms with Gasteiger partial charge in [0.05, 0.1) is 13.2 Å². The normalized spacial score (nSPS) is 37.1. The summed E-state index contributed by atoms with van der Waals surface area (Å²) in [7, 11) is 1.80. The van der Waals surface area contributed by atoms with Gasteiger partial charge in [0, 0.05) is 37.6 Å². The van der Waals surface area contributed by atoms with Crippen LogP contribution >= 0.6 is 0 Å². The minimum absolute atomic E-state index is 0.309. The van der Waals surface area contributed by atoms with Gasteiger partial charge in [0.2, 0.25) is 0 Å². The van der Waals surface area contributed by atoms with Crippen LogP contribution in [0.25, 0.3) is 0 Å². The maximum atomic E-state index is 9.35. The van der Waals surface area contributed by atoms with Crippen LogP contribution < -0.4 is 0 Å². The predicted octanol–water partition coefficient (Wildman–Crippen LogP) is 1.75. The fraction of sp³-hybridized carbons (Fsp3) is 1.00. The van der Waals surface area contributed by atoms with Crippen molar-refractivity contribution < 1.29 is 9.84 Å². The van der Waals surface area contributed by atoms with E-state index in [1.807, 2.05) is 13.8 Å². The zero-order valence-corrected chi connectivity index (χ0v) is 11.5. The third kappa shape index (κ3) is 2.51. The Morgan fingerprint density at radius 3 is 2.53 bits per heavy atom. The summed E-state index contributed by atoms with van der Waals surface area (Å²) in [5.41, 5.74) is 0.783. The zero-order chi connectivity index (χ0) is 12.5. The number of likely N-dealkylation sites (tertiary alicyclic amines) is 1. The van der Waals surface area contributed by atoms with Crippen molar-refractivity contribution in [2.24, 2.45) is 16.7 Å². The summed E-state index contributed by atoms with van der Waals surface area (Å²) in [6.07, 6.45) is 3.92. The second-order valence-electron chi connectivity index (χ2n) is 6.02. The predicted molar refractivity (Wildman–Crippen MR) is 69.0 cm³/mol. The molecular formula is C14H27NO2. The summed E-state index contributed by atoms with van der Waals surface area (Å²) in [4.78, 5) is 2.55. The van der Waals surface area contributed by atoms with E-state index in [9.17, 15) is 5.11 Å². The van der Waals surface area contributed by atoms with E-state index in [1.165, 1.54) is 32.4 Å². The van der Waals surface area contributed by atoms with E-state index in [-0.39, 0.29) is 0 Å². The number of hydrogen-bond acceptors (Lipinski definition) is 3. The van der Waals surface area contributed by atoms with E-state index in [0.29, 0.717) is 17.4 Å². The van der Waals surface area contributed by atoms with E-state index in [1.54, 1.807) is 7.11 Å². The average Bonchev–Trinajstić information content (AvgIpc) is 3.22. The van der Waals surface area contributed by atoms with Crippen LogP contribution in [-0.2, 0) is 4.74 Å². The number of aliphatic hydroxyl groups is 1. The Bertz CT molecular complexity index is 261. The molecule has 2 aliphatic carbocycles. The number of piperidine rings is 1. The van der Waals surface area contributed by atoms with Gasteiger partial charge in [0.15, 0.2) is 0 Å². The molecule has 3 heteroatoms. The van der Waals surface area contributed by atoms with Crippen molar-refractivity contribution in [3.63, 3.8) is 0 Å². The molecule has 0 aromatic carbocycles. The lowest BCUT2D eigenvalue weighted by Crippen LogP contribution is -2.33. The highest BCUT2D eigenvalue weighted by molar-refractivity contribution is 5.11. The molecule has 3 aliphatic rings. The molecule has 3 rings (SSSR count). The number of aliphatic hydroxyl groups excluding tert-OH is 1. The lowest BCUT2D eigenvalue weighted by Gasteiger charge is -2.25. The summed E-state index contributed by atoms with van der Waals surface area (Å²) in [5, 5.41) is 9.35. The Morgan fingerprint density at radius 2 is 2.06 bits per heavy atom. The van der Waals surface area contributed by atoms with Crippen LogP contribution in [0.4, 0.5) is 0 Å². The van der Waals surface area contributed by atoms with E-state index in [0.717, 1.165) is 19.1 Å². The molecule has 2 unspecified atom stereocenters. The minimum Gasteiger partial charge on any atom is -0.396 e. The van der Waals surface area contributed by atoms with Crippen molar-refractivity contribution in [1.82, 2.24) is 4.90 Å². The fourth-order valence-corrected chi connectivity index (χ4v) is 3.37. The lowest BCUT2D eigenvalue weighted by molar-refractivity contribution is 0.105. The summed E-state index contributed by atoms with van der Waals surface area (Å²) < 4.78 is 5.29. The Morgan fingerprint density at radius 1 is 1.35 bits per heavy atom. The van der Waals surface area contributed by atoms with Crippen molar-refractivity contribution in [3.05, 3.63) is 0 Å². The Balaban J connectivity index is 0.000000514. The topological polar surface area (TPSA) is 32.7 Å². The first-order valence-corrected chi connectivity index (χ1v) is 7.04. The van der Waals surface area contributed by atoms with Crippen LogP contribution in [-0.4, -0.2) is 50.0 Å². The molecular weight excluding hydrogens is 214 g/mol. The van der Waals surface area contributed by atoms with Crippen LogP contribution in [0.1, 0.15) is 33.1 Å². The van der Waals surface area contributed by atoms with Gasteiger partial charge in [-0.3, -0.25) is 0 Å². The molecule has 0 spiro atoms. The van der Waals surface area contributed by atoms with Gasteiger partial charge < -0.3 is 14.7 Å². The summed E-state index contributed by atoms with van der Waals surface area (Å²) >= 11 is 0. The lowest BCUT2D eigenvalue weighted by atomic mass is 10.1. The van der Waals surface area contributed by atoms with Gasteiger partial charge in [0.1, 0.15) is 0 Å². The molecule has 1 aliphatic heterocycles. The second-order valence-corrected chi connectivity index (χ2v) is 6.02. The van der Waals surface area contributed by atoms with Crippen molar-refractivity contribution >= 4 is 0 Å². The van der Waals surface area contributed by atoms with Gasteiger partial charge in [-0.1, -0.05) is 13.8 Å². The van der Waals surface area contributed by atoms with Crippen LogP contribution in [0.2, 0.25) is 0 Å². The Kier molecular flexibility index (Phi) is 3.81. The van der Waals surface area contributed by atoms with Gasteiger partial charge in [0.25, 0.3) is 0 Å². The smallest absolute Gasteiger partial charge is 0.0530 e. The molecule has 17 heavy (non-hydrogen) atoms. The molecule has 3 fully saturated rings. The van der Waals surface area contributed by atoms with Gasteiger partial charge >= 0.3 is 0 Å². The zero-order valence-electron chi connectivity index (χ0n) is 11.5. The molecule has 1 saturated heterocycles. The molecule has 0 aromatic heterocycles. The molecule has 100 valence electrons. The first-order valence-electron chi connectivity index (χ1n) is 7.04. The van der Waals surface area contributed by atoms with Crippen molar-refractivity contribution in [3.8, 4) is 0 Å². The van der Waals surface area contributed by atoms with Gasteiger partial charge in [-0.2, -0.15) is 0 Å². The number of methoxy groups -OCH3 is 1. The number of hydrogen-bond donors (Lipinski definition) is 1. The number of fused-ring (bicyclic) bond motifs is 1. The van der Waals surface area contributed by atoms with Crippen LogP contribution in [0.3, 0.4) is 0 Å². The summed E-state index contributed by atoms with van der Waals surface area (Å²) in [6.45, 7) is 8.84. The monoisotopic (exact) mass is 241 g/mol. The van der Waals surface area contributed by atoms with Gasteiger partial charge in [-0.05, 0) is 25.2 Å². The summed E-state index contributed by atoms with van der Waals surface area (Å²) in [6, 6.07) is 0. The fourth-order valence-electron chi connectivity index (χ4n) is 3.37. The maximum absolute atomic E-state index is 9.35. The number of nitrogens with zero attached hydrogens (tertiary/aromatic N) is 1. The molecule has 0 radical (unpaired) electrons. The highest BCUT2D eigenvalue weighted by atomic mass is 16.5. The molecule has 2 atom stereocenters. The van der Waals surface area contributed by atoms with Crippen molar-refractivity contribution in [2.45, 2.75) is 33.1 Å². The van der Waals surface area contributed by atoms with Gasteiger partial charge in [-0.15, -0.1) is 0 Å². The highest BCUT2D eigenvalue weighted by Gasteiger charge is 2.60. The van der Waals surface area contributed by atoms with E-state index < -0.39 is 0 Å². The first kappa shape index (κ1) is 13.3. The maximum Gasteiger partial charge on any atom is 0.0530 e. The van der Waals surface area contributed by atoms with Crippen LogP contribution in [0, 0.1) is 16.7 Å². The van der Waals surface area contributed by atoms with E-state index in [4.69, 9.17) is 4.74 Å². The number of ether oxygens (including phenoxy) is 1. The molecule has 0 aromatic rings. The molecule has 1 heterocycles. The Labute approximate surface area is 105 Å². The molecule has 2 saturated carbocycles. The summed E-state index contributed by atoms with van der Waals surface area (Å²) in [5.74, 6) is 0.792. The van der Waals surface area contributed by atoms with Crippen molar-refractivity contribution in [1.29, 1.82) is 0 Å². The van der Waals surface area contributed by atoms with Gasteiger partial charge in [-0.25, -0.2) is 0 Å². The largest absolute Gasteiger partial charge is 0.396 e. The third-order valence-electron chi connectivity index (χ3n) is 4.66. The third-order valence-corrected chi connectivity index (χ3v) is 4.66. The van der Waals surface area contributed by atoms with Crippen molar-refractivity contribution in [2.75, 3.05) is 40.0 Å². The number of rotatable bonds is 5. The minimum atomic E-state index is 0.309. The second kappa shape index (κ2) is 4.87. The Hall–Kier alpha value is -0.120. The highest BCUT2D eigenvalue weighted by Crippen LogP contribution is 2.58. The molecule has 3 nitrogen and oxygen atoms in total. The van der Waals surface area contributed by atoms with Crippen LogP contribution in [0.15, 0.2) is 0 Å². The SMILES string of the molecule is CC.COCC1(CN2CC3CC3(CO)C2)CC1. The average molecular weight is 241 g/mol. The van der Waals surface area contributed by atoms with E-state index >= 15 is 0 Å².